The number of hydrogen-bond acceptors (Lipinski definition) is 12. The average molecular weight is 417 g/mol. The second-order valence-electron chi connectivity index (χ2n) is 2.74. The van der Waals surface area contributed by atoms with E-state index in [2.05, 4.69) is 70.9 Å². The molecule has 0 aliphatic carbocycles. The Bertz CT molecular complexity index is 555. The molecule has 2 aromatic rings. The molecule has 2 rings (SSSR count). The van der Waals surface area contributed by atoms with Gasteiger partial charge in [-0.15, -0.1) is 70.9 Å². The molecule has 0 aliphatic heterocycles. The van der Waals surface area contributed by atoms with Gasteiger partial charge in [-0.3, -0.25) is 0 Å². The fraction of sp³-hybridized carbons (Fsp3) is 0. The summed E-state index contributed by atoms with van der Waals surface area (Å²) in [6.45, 7) is 0. The second kappa shape index (κ2) is 11.7. The fourth-order valence-electron chi connectivity index (χ4n) is 0.559. The quantitative estimate of drug-likeness (QED) is 0.324. The monoisotopic (exact) mass is 416 g/mol. The highest BCUT2D eigenvalue weighted by atomic mass is 32.2. The summed E-state index contributed by atoms with van der Waals surface area (Å²) in [4.78, 5) is 19.1. The average Bonchev–Trinajstić information content (AvgIpc) is 2.96. The second-order valence-corrected chi connectivity index (χ2v) is 7.60. The molecule has 2 aromatic heterocycles. The van der Waals surface area contributed by atoms with Crippen molar-refractivity contribution in [1.82, 2.24) is 20.4 Å². The first kappa shape index (κ1) is 21.2. The van der Waals surface area contributed by atoms with Crippen molar-refractivity contribution in [3.63, 3.8) is 0 Å². The minimum Gasteiger partial charge on any atom is -0.478 e. The Balaban J connectivity index is 0.000000301. The first-order chi connectivity index (χ1) is 10.2. The van der Waals surface area contributed by atoms with Crippen molar-refractivity contribution in [2.24, 2.45) is 0 Å². The molecule has 120 valence electrons. The number of rotatable bonds is 2. The number of carbonyl (C=O) groups is 2. The van der Waals surface area contributed by atoms with Gasteiger partial charge in [-0.2, -0.15) is 0 Å². The van der Waals surface area contributed by atoms with Gasteiger partial charge < -0.3 is 10.2 Å². The zero-order chi connectivity index (χ0) is 17.1. The number of thiol groups is 4. The van der Waals surface area contributed by atoms with E-state index in [9.17, 15) is 9.59 Å². The van der Waals surface area contributed by atoms with Gasteiger partial charge in [0.1, 0.15) is 0 Å². The Labute approximate surface area is 154 Å². The predicted octanol–water partition coefficient (Wildman–Crippen LogP) is 1.94. The van der Waals surface area contributed by atoms with Crippen LogP contribution in [0.2, 0.25) is 0 Å². The minimum atomic E-state index is -1.26. The van der Waals surface area contributed by atoms with E-state index in [1.807, 2.05) is 0 Å². The maximum absolute atomic E-state index is 9.55. The molecule has 0 spiro atoms. The molecule has 0 bridgehead atoms. The van der Waals surface area contributed by atoms with E-state index >= 15 is 0 Å². The van der Waals surface area contributed by atoms with Crippen LogP contribution in [0.4, 0.5) is 0 Å². The molecule has 14 heteroatoms. The number of carboxylic acids is 2. The molecule has 0 unspecified atom stereocenters. The zero-order valence-corrected chi connectivity index (χ0v) is 15.5. The number of hydrogen-bond donors (Lipinski definition) is 6. The molecule has 0 fully saturated rings. The molecule has 0 amide bonds. The van der Waals surface area contributed by atoms with Gasteiger partial charge >= 0.3 is 11.9 Å². The van der Waals surface area contributed by atoms with Gasteiger partial charge in [0.25, 0.3) is 0 Å². The third-order valence-corrected chi connectivity index (χ3v) is 3.69. The van der Waals surface area contributed by atoms with E-state index in [1.54, 1.807) is 0 Å². The molecular weight excluding hydrogens is 409 g/mol. The summed E-state index contributed by atoms with van der Waals surface area (Å²) >= 11 is 18.3. The maximum Gasteiger partial charge on any atom is 0.328 e. The van der Waals surface area contributed by atoms with Crippen LogP contribution in [0.1, 0.15) is 0 Å². The van der Waals surface area contributed by atoms with Crippen LogP contribution in [0.5, 0.6) is 0 Å². The smallest absolute Gasteiger partial charge is 0.328 e. The van der Waals surface area contributed by atoms with E-state index in [0.29, 0.717) is 29.5 Å². The van der Waals surface area contributed by atoms with Crippen molar-refractivity contribution in [1.29, 1.82) is 0 Å². The number of carboxylic acid groups (broad SMARTS) is 2. The van der Waals surface area contributed by atoms with Crippen molar-refractivity contribution >= 4 is 85.1 Å². The molecule has 22 heavy (non-hydrogen) atoms. The lowest BCUT2D eigenvalue weighted by Gasteiger charge is -1.74. The Morgan fingerprint density at radius 2 is 0.955 bits per heavy atom. The number of nitrogens with zero attached hydrogens (tertiary/aromatic N) is 4. The van der Waals surface area contributed by atoms with Crippen molar-refractivity contribution < 1.29 is 19.8 Å². The topological polar surface area (TPSA) is 126 Å². The molecule has 0 saturated carbocycles. The fourth-order valence-corrected chi connectivity index (χ4v) is 2.86. The summed E-state index contributed by atoms with van der Waals surface area (Å²) in [5, 5.41) is 29.9. The molecule has 2 heterocycles. The van der Waals surface area contributed by atoms with Gasteiger partial charge in [0, 0.05) is 12.2 Å². The lowest BCUT2D eigenvalue weighted by atomic mass is 10.5. The normalized spacial score (nSPS) is 9.45. The third-order valence-electron chi connectivity index (χ3n) is 1.18. The van der Waals surface area contributed by atoms with Crippen LogP contribution < -0.4 is 0 Å². The number of aliphatic carboxylic acids is 2. The zero-order valence-electron chi connectivity index (χ0n) is 10.3. The van der Waals surface area contributed by atoms with Gasteiger partial charge in [-0.05, 0) is 0 Å². The first-order valence-electron chi connectivity index (χ1n) is 4.77. The van der Waals surface area contributed by atoms with Crippen molar-refractivity contribution in [2.45, 2.75) is 17.4 Å². The Morgan fingerprint density at radius 3 is 1.05 bits per heavy atom. The molecule has 0 saturated heterocycles. The molecular formula is C8H8N4O4S6. The van der Waals surface area contributed by atoms with Gasteiger partial charge in [0.05, 0.1) is 0 Å². The van der Waals surface area contributed by atoms with E-state index < -0.39 is 11.9 Å². The molecule has 0 aliphatic rings. The number of aromatic nitrogens is 4. The Kier molecular flexibility index (Phi) is 11.3. The molecule has 0 radical (unpaired) electrons. The molecule has 8 nitrogen and oxygen atoms in total. The largest absolute Gasteiger partial charge is 0.478 e. The third kappa shape index (κ3) is 12.9. The SMILES string of the molecule is O=C(O)/C=C/C(=O)O.Sc1nnc(S)s1.Sc1nnc(S)s1. The predicted molar refractivity (Wildman–Crippen MR) is 93.2 cm³/mol. The van der Waals surface area contributed by atoms with Crippen molar-refractivity contribution in [2.75, 3.05) is 0 Å². The lowest BCUT2D eigenvalue weighted by molar-refractivity contribution is -0.134. The first-order valence-corrected chi connectivity index (χ1v) is 8.19. The van der Waals surface area contributed by atoms with E-state index in [-0.39, 0.29) is 0 Å². The van der Waals surface area contributed by atoms with Crippen LogP contribution in [0.3, 0.4) is 0 Å². The Morgan fingerprint density at radius 1 is 0.727 bits per heavy atom. The summed E-state index contributed by atoms with van der Waals surface area (Å²) < 4.78 is 2.63. The highest BCUT2D eigenvalue weighted by molar-refractivity contribution is 7.85. The van der Waals surface area contributed by atoms with Crippen LogP contribution in [0, 0.1) is 0 Å². The van der Waals surface area contributed by atoms with Crippen LogP contribution >= 0.6 is 73.2 Å². The summed E-state index contributed by atoms with van der Waals surface area (Å²) in [5.74, 6) is -2.51. The Hall–Kier alpha value is -0.800. The van der Waals surface area contributed by atoms with Crippen LogP contribution in [-0.4, -0.2) is 42.5 Å². The summed E-state index contributed by atoms with van der Waals surface area (Å²) in [6, 6.07) is 0. The van der Waals surface area contributed by atoms with Crippen molar-refractivity contribution in [3.05, 3.63) is 12.2 Å². The van der Waals surface area contributed by atoms with E-state index in [1.165, 1.54) is 22.7 Å². The van der Waals surface area contributed by atoms with Crippen LogP contribution in [0.15, 0.2) is 29.5 Å². The van der Waals surface area contributed by atoms with Gasteiger partial charge in [-0.25, -0.2) is 9.59 Å². The van der Waals surface area contributed by atoms with E-state index in [4.69, 9.17) is 10.2 Å². The van der Waals surface area contributed by atoms with Crippen LogP contribution in [-0.2, 0) is 9.59 Å². The lowest BCUT2D eigenvalue weighted by Crippen LogP contribution is -1.91. The van der Waals surface area contributed by atoms with Crippen LogP contribution in [0.25, 0.3) is 0 Å². The molecule has 2 N–H and O–H groups in total. The minimum absolute atomic E-state index is 0.558. The standard InChI is InChI=1S/C4H4O4.2C2H2N2S3/c5-3(6)1-2-4(7)8;2*5-1-3-4-2(6)7-1/h1-2H,(H,5,6)(H,7,8);2*(H,3,5)(H,4,6)/b2-1+;;. The summed E-state index contributed by atoms with van der Waals surface area (Å²) in [7, 11) is 0. The molecule has 0 aromatic carbocycles. The highest BCUT2D eigenvalue weighted by Crippen LogP contribution is 2.15. The highest BCUT2D eigenvalue weighted by Gasteiger charge is 1.91. The van der Waals surface area contributed by atoms with Gasteiger partial charge in [-0.1, -0.05) is 22.7 Å². The van der Waals surface area contributed by atoms with Crippen molar-refractivity contribution in [3.8, 4) is 0 Å². The summed E-state index contributed by atoms with van der Waals surface area (Å²) in [5.41, 5.74) is 0. The molecule has 0 atom stereocenters. The van der Waals surface area contributed by atoms with E-state index in [0.717, 1.165) is 0 Å². The van der Waals surface area contributed by atoms with Gasteiger partial charge in [0.15, 0.2) is 17.4 Å². The van der Waals surface area contributed by atoms with Gasteiger partial charge in [0.2, 0.25) is 0 Å². The maximum atomic E-state index is 9.55. The summed E-state index contributed by atoms with van der Waals surface area (Å²) in [6.07, 6.45) is 1.12.